The van der Waals surface area contributed by atoms with Gasteiger partial charge in [-0.2, -0.15) is 0 Å². The maximum absolute atomic E-state index is 11.3. The summed E-state index contributed by atoms with van der Waals surface area (Å²) in [5, 5.41) is 0. The molecule has 15 heavy (non-hydrogen) atoms. The molecule has 1 aliphatic heterocycles. The van der Waals surface area contributed by atoms with Crippen molar-refractivity contribution in [2.45, 2.75) is 6.42 Å². The fourth-order valence-electron chi connectivity index (χ4n) is 1.99. The van der Waals surface area contributed by atoms with Crippen LogP contribution in [0.2, 0.25) is 0 Å². The number of benzene rings is 1. The summed E-state index contributed by atoms with van der Waals surface area (Å²) in [5.41, 5.74) is 1.18. The van der Waals surface area contributed by atoms with Gasteiger partial charge in [0.2, 0.25) is 0 Å². The molecule has 1 atom stereocenters. The third kappa shape index (κ3) is 2.12. The smallest absolute Gasteiger partial charge is 0.310 e. The van der Waals surface area contributed by atoms with Gasteiger partial charge in [-0.05, 0) is 18.6 Å². The van der Waals surface area contributed by atoms with Gasteiger partial charge in [-0.1, -0.05) is 18.2 Å². The van der Waals surface area contributed by atoms with Crippen molar-refractivity contribution < 1.29 is 9.53 Å². The van der Waals surface area contributed by atoms with Crippen molar-refractivity contribution in [3.63, 3.8) is 0 Å². The zero-order valence-electron chi connectivity index (χ0n) is 8.85. The molecule has 0 amide bonds. The highest BCUT2D eigenvalue weighted by Crippen LogP contribution is 2.23. The number of rotatable bonds is 2. The Bertz CT molecular complexity index is 337. The molecule has 1 aromatic rings. The van der Waals surface area contributed by atoms with E-state index in [0.29, 0.717) is 0 Å². The topological polar surface area (TPSA) is 29.5 Å². The molecule has 3 nitrogen and oxygen atoms in total. The van der Waals surface area contributed by atoms with Gasteiger partial charge < -0.3 is 9.64 Å². The molecule has 0 spiro atoms. The van der Waals surface area contributed by atoms with Crippen molar-refractivity contribution >= 4 is 11.7 Å². The Hall–Kier alpha value is -1.51. The molecule has 0 radical (unpaired) electrons. The van der Waals surface area contributed by atoms with Crippen LogP contribution >= 0.6 is 0 Å². The molecule has 1 heterocycles. The normalized spacial score (nSPS) is 20.3. The molecule has 0 aromatic heterocycles. The van der Waals surface area contributed by atoms with E-state index in [0.717, 1.165) is 19.5 Å². The van der Waals surface area contributed by atoms with E-state index < -0.39 is 0 Å². The van der Waals surface area contributed by atoms with Crippen LogP contribution in [0.3, 0.4) is 0 Å². The molecule has 1 aliphatic rings. The van der Waals surface area contributed by atoms with E-state index in [-0.39, 0.29) is 11.9 Å². The van der Waals surface area contributed by atoms with Gasteiger partial charge in [0.15, 0.2) is 0 Å². The molecule has 3 heteroatoms. The fourth-order valence-corrected chi connectivity index (χ4v) is 1.99. The molecule has 1 fully saturated rings. The number of carbonyl (C=O) groups excluding carboxylic acids is 1. The lowest BCUT2D eigenvalue weighted by Crippen LogP contribution is -2.23. The van der Waals surface area contributed by atoms with Crippen molar-refractivity contribution in [1.29, 1.82) is 0 Å². The first kappa shape index (κ1) is 10.0. The Labute approximate surface area is 89.7 Å². The zero-order valence-corrected chi connectivity index (χ0v) is 8.85. The number of hydrogen-bond acceptors (Lipinski definition) is 3. The Morgan fingerprint density at radius 2 is 2.13 bits per heavy atom. The van der Waals surface area contributed by atoms with Crippen LogP contribution in [0.25, 0.3) is 0 Å². The van der Waals surface area contributed by atoms with Gasteiger partial charge in [-0.15, -0.1) is 0 Å². The van der Waals surface area contributed by atoms with Gasteiger partial charge >= 0.3 is 5.97 Å². The summed E-state index contributed by atoms with van der Waals surface area (Å²) in [6, 6.07) is 10.2. The van der Waals surface area contributed by atoms with E-state index in [4.69, 9.17) is 4.74 Å². The van der Waals surface area contributed by atoms with Crippen LogP contribution in [0.5, 0.6) is 0 Å². The maximum atomic E-state index is 11.3. The second kappa shape index (κ2) is 4.34. The zero-order chi connectivity index (χ0) is 10.7. The Morgan fingerprint density at radius 1 is 1.40 bits per heavy atom. The summed E-state index contributed by atoms with van der Waals surface area (Å²) >= 11 is 0. The van der Waals surface area contributed by atoms with Crippen LogP contribution in [-0.2, 0) is 9.53 Å². The Morgan fingerprint density at radius 3 is 2.80 bits per heavy atom. The van der Waals surface area contributed by atoms with Crippen LogP contribution in [0, 0.1) is 5.92 Å². The lowest BCUT2D eigenvalue weighted by Gasteiger charge is -2.17. The lowest BCUT2D eigenvalue weighted by atomic mass is 10.1. The summed E-state index contributed by atoms with van der Waals surface area (Å²) in [7, 11) is 1.45. The van der Waals surface area contributed by atoms with Gasteiger partial charge in [0.25, 0.3) is 0 Å². The molecule has 1 aromatic carbocycles. The van der Waals surface area contributed by atoms with E-state index in [1.54, 1.807) is 0 Å². The van der Waals surface area contributed by atoms with Gasteiger partial charge in [0.1, 0.15) is 0 Å². The molecule has 80 valence electrons. The number of anilines is 1. The van der Waals surface area contributed by atoms with Crippen LogP contribution in [0.4, 0.5) is 5.69 Å². The van der Waals surface area contributed by atoms with Gasteiger partial charge in [0, 0.05) is 18.8 Å². The van der Waals surface area contributed by atoms with E-state index in [1.807, 2.05) is 18.2 Å². The van der Waals surface area contributed by atoms with Crippen molar-refractivity contribution in [3.05, 3.63) is 30.3 Å². The molecule has 2 rings (SSSR count). The predicted octanol–water partition coefficient (Wildman–Crippen LogP) is 1.69. The molecule has 0 saturated carbocycles. The summed E-state index contributed by atoms with van der Waals surface area (Å²) in [4.78, 5) is 13.6. The van der Waals surface area contributed by atoms with E-state index in [9.17, 15) is 4.79 Å². The minimum absolute atomic E-state index is 0.0372. The average molecular weight is 205 g/mol. The summed E-state index contributed by atoms with van der Waals surface area (Å²) < 4.78 is 4.75. The molecule has 0 bridgehead atoms. The predicted molar refractivity (Wildman–Crippen MR) is 58.8 cm³/mol. The number of nitrogens with zero attached hydrogens (tertiary/aromatic N) is 1. The second-order valence-corrected chi connectivity index (χ2v) is 3.79. The standard InChI is InChI=1S/C12H15NO2/c1-15-12(14)10-7-8-13(9-10)11-5-3-2-4-6-11/h2-6,10H,7-9H2,1H3. The van der Waals surface area contributed by atoms with Crippen LogP contribution in [0.15, 0.2) is 30.3 Å². The van der Waals surface area contributed by atoms with Crippen LogP contribution < -0.4 is 4.90 Å². The minimum Gasteiger partial charge on any atom is -0.469 e. The molecule has 1 saturated heterocycles. The van der Waals surface area contributed by atoms with Crippen molar-refractivity contribution in [2.75, 3.05) is 25.1 Å². The molecular formula is C12H15NO2. The lowest BCUT2D eigenvalue weighted by molar-refractivity contribution is -0.144. The van der Waals surface area contributed by atoms with Crippen LogP contribution in [0.1, 0.15) is 6.42 Å². The number of carbonyl (C=O) groups is 1. The highest BCUT2D eigenvalue weighted by molar-refractivity contribution is 5.74. The van der Waals surface area contributed by atoms with Crippen LogP contribution in [-0.4, -0.2) is 26.2 Å². The minimum atomic E-state index is -0.0894. The summed E-state index contributed by atoms with van der Waals surface area (Å²) in [6.45, 7) is 1.71. The first-order valence-corrected chi connectivity index (χ1v) is 5.19. The third-order valence-corrected chi connectivity index (χ3v) is 2.84. The quantitative estimate of drug-likeness (QED) is 0.688. The van der Waals surface area contributed by atoms with Gasteiger partial charge in [-0.3, -0.25) is 4.79 Å². The van der Waals surface area contributed by atoms with E-state index in [1.165, 1.54) is 12.8 Å². The maximum Gasteiger partial charge on any atom is 0.310 e. The monoisotopic (exact) mass is 205 g/mol. The van der Waals surface area contributed by atoms with Gasteiger partial charge in [0.05, 0.1) is 13.0 Å². The first-order valence-electron chi connectivity index (χ1n) is 5.19. The molecule has 1 unspecified atom stereocenters. The molecule has 0 N–H and O–H groups in total. The third-order valence-electron chi connectivity index (χ3n) is 2.84. The number of para-hydroxylation sites is 1. The number of methoxy groups -OCH3 is 1. The highest BCUT2D eigenvalue weighted by atomic mass is 16.5. The Kier molecular flexibility index (Phi) is 2.90. The number of esters is 1. The largest absolute Gasteiger partial charge is 0.469 e. The average Bonchev–Trinajstić information content (AvgIpc) is 2.78. The first-order chi connectivity index (χ1) is 7.31. The van der Waals surface area contributed by atoms with Crippen molar-refractivity contribution in [1.82, 2.24) is 0 Å². The Balaban J connectivity index is 2.02. The highest BCUT2D eigenvalue weighted by Gasteiger charge is 2.28. The number of ether oxygens (including phenoxy) is 1. The summed E-state index contributed by atoms with van der Waals surface area (Å²) in [6.07, 6.45) is 0.890. The molecular weight excluding hydrogens is 190 g/mol. The van der Waals surface area contributed by atoms with E-state index in [2.05, 4.69) is 17.0 Å². The fraction of sp³-hybridized carbons (Fsp3) is 0.417. The van der Waals surface area contributed by atoms with Crippen molar-refractivity contribution in [3.8, 4) is 0 Å². The molecule has 0 aliphatic carbocycles. The second-order valence-electron chi connectivity index (χ2n) is 3.79. The SMILES string of the molecule is COC(=O)C1CCN(c2ccccc2)C1. The summed E-state index contributed by atoms with van der Waals surface area (Å²) in [5.74, 6) is -0.0522. The van der Waals surface area contributed by atoms with Gasteiger partial charge in [-0.25, -0.2) is 0 Å². The van der Waals surface area contributed by atoms with Crippen molar-refractivity contribution in [2.24, 2.45) is 5.92 Å². The number of hydrogen-bond donors (Lipinski definition) is 0. The van der Waals surface area contributed by atoms with E-state index >= 15 is 0 Å².